The Morgan fingerprint density at radius 1 is 1.26 bits per heavy atom. The van der Waals surface area contributed by atoms with Gasteiger partial charge in [0, 0.05) is 38.0 Å². The minimum absolute atomic E-state index is 0.249. The minimum Gasteiger partial charge on any atom is -0.361 e. The number of aromatic nitrogens is 5. The van der Waals surface area contributed by atoms with E-state index in [9.17, 15) is 5.26 Å². The number of rotatable bonds is 8. The predicted octanol–water partition coefficient (Wildman–Crippen LogP) is 3.60. The second-order valence-electron chi connectivity index (χ2n) is 9.58. The van der Waals surface area contributed by atoms with Gasteiger partial charge in [-0.25, -0.2) is 9.97 Å². The number of piperidine rings is 1. The van der Waals surface area contributed by atoms with Gasteiger partial charge in [0.15, 0.2) is 0 Å². The Hall–Kier alpha value is -2.54. The van der Waals surface area contributed by atoms with Gasteiger partial charge in [0.1, 0.15) is 18.7 Å². The van der Waals surface area contributed by atoms with E-state index in [1.165, 1.54) is 0 Å². The third kappa shape index (κ3) is 4.71. The number of fused-ring (bicyclic) bond motifs is 1. The molecule has 9 heteroatoms. The topological polar surface area (TPSA) is 93.6 Å². The van der Waals surface area contributed by atoms with E-state index >= 15 is 0 Å². The molecule has 0 unspecified atom stereocenters. The van der Waals surface area contributed by atoms with Crippen molar-refractivity contribution >= 4 is 19.1 Å². The fourth-order valence-electron chi connectivity index (χ4n) is 4.11. The molecule has 0 aliphatic carbocycles. The molecular formula is C22H31N7OSi. The molecule has 8 nitrogen and oxygen atoms in total. The van der Waals surface area contributed by atoms with E-state index in [1.807, 2.05) is 33.9 Å². The van der Waals surface area contributed by atoms with Gasteiger partial charge in [-0.3, -0.25) is 4.68 Å². The van der Waals surface area contributed by atoms with Crippen molar-refractivity contribution in [2.75, 3.05) is 19.7 Å². The van der Waals surface area contributed by atoms with Crippen molar-refractivity contribution in [3.63, 3.8) is 0 Å². The van der Waals surface area contributed by atoms with Crippen LogP contribution in [0.1, 0.15) is 19.3 Å². The van der Waals surface area contributed by atoms with Crippen molar-refractivity contribution in [2.24, 2.45) is 0 Å². The first-order valence-electron chi connectivity index (χ1n) is 10.9. The van der Waals surface area contributed by atoms with E-state index in [0.29, 0.717) is 13.2 Å². The number of nitrogens with zero attached hydrogens (tertiary/aromatic N) is 6. The molecule has 0 bridgehead atoms. The Morgan fingerprint density at radius 2 is 2.06 bits per heavy atom. The average Bonchev–Trinajstić information content (AvgIpc) is 3.39. The van der Waals surface area contributed by atoms with Gasteiger partial charge >= 0.3 is 0 Å². The van der Waals surface area contributed by atoms with Gasteiger partial charge in [-0.15, -0.1) is 0 Å². The quantitative estimate of drug-likeness (QED) is 0.427. The maximum atomic E-state index is 9.40. The number of hydrogen-bond acceptors (Lipinski definition) is 6. The molecule has 0 radical (unpaired) electrons. The minimum atomic E-state index is -1.10. The SMILES string of the molecule is C[Si](C)(C)CCOCn1ccc2c(-c3cnn(C4(CC#N)CCNCC4)c3)ncnc21. The summed E-state index contributed by atoms with van der Waals surface area (Å²) in [5.74, 6) is 0. The highest BCUT2D eigenvalue weighted by molar-refractivity contribution is 6.76. The fraction of sp³-hybridized carbons (Fsp3) is 0.545. The number of nitrogens with one attached hydrogen (secondary N) is 1. The monoisotopic (exact) mass is 437 g/mol. The zero-order valence-electron chi connectivity index (χ0n) is 18.6. The van der Waals surface area contributed by atoms with Gasteiger partial charge in [-0.2, -0.15) is 10.4 Å². The molecule has 0 aromatic carbocycles. The van der Waals surface area contributed by atoms with Crippen molar-refractivity contribution in [3.05, 3.63) is 31.0 Å². The summed E-state index contributed by atoms with van der Waals surface area (Å²) >= 11 is 0. The smallest absolute Gasteiger partial charge is 0.145 e. The van der Waals surface area contributed by atoms with E-state index in [4.69, 9.17) is 4.74 Å². The molecule has 4 rings (SSSR count). The molecule has 0 amide bonds. The van der Waals surface area contributed by atoms with Crippen LogP contribution in [0.25, 0.3) is 22.3 Å². The fourth-order valence-corrected chi connectivity index (χ4v) is 4.87. The molecule has 3 aromatic heterocycles. The highest BCUT2D eigenvalue weighted by atomic mass is 28.3. The summed E-state index contributed by atoms with van der Waals surface area (Å²) in [4.78, 5) is 9.05. The summed E-state index contributed by atoms with van der Waals surface area (Å²) < 4.78 is 9.93. The van der Waals surface area contributed by atoms with Crippen LogP contribution >= 0.6 is 0 Å². The van der Waals surface area contributed by atoms with Gasteiger partial charge in [0.05, 0.1) is 29.9 Å². The maximum Gasteiger partial charge on any atom is 0.145 e. The molecule has 0 saturated carbocycles. The molecule has 1 N–H and O–H groups in total. The van der Waals surface area contributed by atoms with Gasteiger partial charge in [0.2, 0.25) is 0 Å². The van der Waals surface area contributed by atoms with Gasteiger partial charge < -0.3 is 14.6 Å². The maximum absolute atomic E-state index is 9.40. The van der Waals surface area contributed by atoms with Crippen LogP contribution in [0.3, 0.4) is 0 Å². The summed E-state index contributed by atoms with van der Waals surface area (Å²) in [6.45, 7) is 10.1. The third-order valence-electron chi connectivity index (χ3n) is 6.07. The molecule has 1 aliphatic rings. The Kier molecular flexibility index (Phi) is 6.23. The van der Waals surface area contributed by atoms with Crippen molar-refractivity contribution < 1.29 is 4.74 Å². The lowest BCUT2D eigenvalue weighted by atomic mass is 9.86. The zero-order valence-corrected chi connectivity index (χ0v) is 19.6. The standard InChI is InChI=1S/C22H31N7OSi/c1-31(2,3)13-12-30-17-28-11-4-19-20(25-16-26-21(19)28)18-14-27-29(15-18)22(5-8-23)6-9-24-10-7-22/h4,11,14-16,24H,5-7,9-10,12-13,17H2,1-3H3. The van der Waals surface area contributed by atoms with Crippen molar-refractivity contribution in [3.8, 4) is 17.3 Å². The van der Waals surface area contributed by atoms with Crippen LogP contribution in [0.15, 0.2) is 31.0 Å². The number of hydrogen-bond donors (Lipinski definition) is 1. The Balaban J connectivity index is 1.57. The summed E-state index contributed by atoms with van der Waals surface area (Å²) in [5.41, 5.74) is 2.42. The van der Waals surface area contributed by atoms with Crippen LogP contribution < -0.4 is 5.32 Å². The Labute approximate surface area is 184 Å². The summed E-state index contributed by atoms with van der Waals surface area (Å²) in [6, 6.07) is 5.55. The van der Waals surface area contributed by atoms with E-state index in [1.54, 1.807) is 6.33 Å². The normalized spacial score (nSPS) is 16.5. The first kappa shape index (κ1) is 21.7. The summed E-state index contributed by atoms with van der Waals surface area (Å²) in [5, 5.41) is 18.4. The van der Waals surface area contributed by atoms with Gasteiger partial charge in [-0.1, -0.05) is 19.6 Å². The number of ether oxygens (including phenoxy) is 1. The average molecular weight is 438 g/mol. The van der Waals surface area contributed by atoms with Crippen molar-refractivity contribution in [1.29, 1.82) is 5.26 Å². The molecule has 4 heterocycles. The second-order valence-corrected chi connectivity index (χ2v) is 15.2. The molecule has 0 atom stereocenters. The molecule has 1 aliphatic heterocycles. The zero-order chi connectivity index (χ0) is 21.9. The molecule has 1 fully saturated rings. The van der Waals surface area contributed by atoms with Crippen LogP contribution in [0.5, 0.6) is 0 Å². The van der Waals surface area contributed by atoms with Gasteiger partial charge in [-0.05, 0) is 38.0 Å². The number of nitriles is 1. The Morgan fingerprint density at radius 3 is 2.81 bits per heavy atom. The summed E-state index contributed by atoms with van der Waals surface area (Å²) in [7, 11) is -1.10. The largest absolute Gasteiger partial charge is 0.361 e. The van der Waals surface area contributed by atoms with Crippen LogP contribution in [0, 0.1) is 11.3 Å². The lowest BCUT2D eigenvalue weighted by molar-refractivity contribution is 0.0899. The first-order chi connectivity index (χ1) is 14.9. The lowest BCUT2D eigenvalue weighted by Crippen LogP contribution is -2.44. The molecule has 1 saturated heterocycles. The first-order valence-corrected chi connectivity index (χ1v) is 14.6. The third-order valence-corrected chi connectivity index (χ3v) is 7.77. The van der Waals surface area contributed by atoms with E-state index in [-0.39, 0.29) is 5.54 Å². The molecule has 31 heavy (non-hydrogen) atoms. The molecule has 3 aromatic rings. The molecule has 0 spiro atoms. The van der Waals surface area contributed by atoms with Crippen LogP contribution in [0.2, 0.25) is 25.7 Å². The molecular weight excluding hydrogens is 406 g/mol. The second kappa shape index (κ2) is 8.90. The van der Waals surface area contributed by atoms with Crippen molar-refractivity contribution in [1.82, 2.24) is 29.6 Å². The lowest BCUT2D eigenvalue weighted by Gasteiger charge is -2.36. The predicted molar refractivity (Wildman–Crippen MR) is 123 cm³/mol. The van der Waals surface area contributed by atoms with Crippen LogP contribution in [0.4, 0.5) is 0 Å². The van der Waals surface area contributed by atoms with E-state index in [0.717, 1.165) is 60.9 Å². The van der Waals surface area contributed by atoms with Gasteiger partial charge in [0.25, 0.3) is 0 Å². The molecule has 164 valence electrons. The Bertz CT molecular complexity index is 1070. The van der Waals surface area contributed by atoms with Crippen molar-refractivity contribution in [2.45, 2.75) is 57.2 Å². The summed E-state index contributed by atoms with van der Waals surface area (Å²) in [6.07, 6.45) is 9.74. The highest BCUT2D eigenvalue weighted by Crippen LogP contribution is 2.33. The van der Waals surface area contributed by atoms with Crippen LogP contribution in [-0.4, -0.2) is 52.1 Å². The van der Waals surface area contributed by atoms with E-state index in [2.05, 4.69) is 46.1 Å². The van der Waals surface area contributed by atoms with E-state index < -0.39 is 8.07 Å². The highest BCUT2D eigenvalue weighted by Gasteiger charge is 2.35. The van der Waals surface area contributed by atoms with Crippen LogP contribution in [-0.2, 0) is 17.0 Å².